The molecular weight excluding hydrogens is 335 g/mol. The van der Waals surface area contributed by atoms with Gasteiger partial charge < -0.3 is 10.4 Å². The molecule has 2 rings (SSSR count). The van der Waals surface area contributed by atoms with E-state index < -0.39 is 21.9 Å². The molecule has 3 N–H and O–H groups in total. The van der Waals surface area contributed by atoms with Crippen molar-refractivity contribution in [3.8, 4) is 0 Å². The lowest BCUT2D eigenvalue weighted by molar-refractivity contribution is 0.0924. The van der Waals surface area contributed by atoms with Gasteiger partial charge in [0.1, 0.15) is 5.82 Å². The van der Waals surface area contributed by atoms with Crippen LogP contribution in [0.2, 0.25) is 0 Å². The Morgan fingerprint density at radius 2 is 1.71 bits per heavy atom. The van der Waals surface area contributed by atoms with Gasteiger partial charge in [0.15, 0.2) is 0 Å². The Labute approximate surface area is 139 Å². The molecule has 0 aliphatic carbocycles. The molecule has 2 aromatic rings. The molecule has 0 heterocycles. The number of halogens is 1. The predicted molar refractivity (Wildman–Crippen MR) is 87.7 cm³/mol. The van der Waals surface area contributed by atoms with Crippen LogP contribution in [0.25, 0.3) is 0 Å². The van der Waals surface area contributed by atoms with Crippen molar-refractivity contribution in [3.63, 3.8) is 0 Å². The van der Waals surface area contributed by atoms with Crippen LogP contribution in [0.3, 0.4) is 0 Å². The second-order valence-electron chi connectivity index (χ2n) is 5.20. The number of amides is 1. The van der Waals surface area contributed by atoms with E-state index in [1.54, 1.807) is 6.92 Å². The number of carbonyl (C=O) groups excluding carboxylic acids is 1. The number of hydrogen-bond acceptors (Lipinski definition) is 4. The highest BCUT2D eigenvalue weighted by atomic mass is 32.2. The number of aliphatic hydroxyl groups is 1. The van der Waals surface area contributed by atoms with Crippen LogP contribution in [0.15, 0.2) is 53.4 Å². The highest BCUT2D eigenvalue weighted by molar-refractivity contribution is 7.92. The highest BCUT2D eigenvalue weighted by Gasteiger charge is 2.14. The average Bonchev–Trinajstić information content (AvgIpc) is 2.53. The molecule has 0 saturated heterocycles. The van der Waals surface area contributed by atoms with Gasteiger partial charge in [0.2, 0.25) is 0 Å². The fourth-order valence-corrected chi connectivity index (χ4v) is 2.92. The topological polar surface area (TPSA) is 95.5 Å². The van der Waals surface area contributed by atoms with E-state index >= 15 is 0 Å². The molecule has 0 bridgehead atoms. The summed E-state index contributed by atoms with van der Waals surface area (Å²) in [5.41, 5.74) is 0.604. The van der Waals surface area contributed by atoms with Crippen LogP contribution in [0.4, 0.5) is 10.1 Å². The van der Waals surface area contributed by atoms with Gasteiger partial charge in [-0.25, -0.2) is 12.8 Å². The maximum absolute atomic E-state index is 12.9. The van der Waals surface area contributed by atoms with Gasteiger partial charge in [-0.2, -0.15) is 0 Å². The smallest absolute Gasteiger partial charge is 0.261 e. The quantitative estimate of drug-likeness (QED) is 0.738. The van der Waals surface area contributed by atoms with E-state index in [1.807, 2.05) is 0 Å². The van der Waals surface area contributed by atoms with Crippen molar-refractivity contribution in [3.05, 3.63) is 59.9 Å². The minimum Gasteiger partial charge on any atom is -0.392 e. The molecule has 0 aliphatic rings. The van der Waals surface area contributed by atoms with Crippen molar-refractivity contribution in [1.82, 2.24) is 5.32 Å². The summed E-state index contributed by atoms with van der Waals surface area (Å²) in [7, 11) is -3.83. The molecule has 1 amide bonds. The second kappa shape index (κ2) is 7.41. The van der Waals surface area contributed by atoms with Gasteiger partial charge in [-0.05, 0) is 55.5 Å². The summed E-state index contributed by atoms with van der Waals surface area (Å²) in [5, 5.41) is 11.7. The van der Waals surface area contributed by atoms with Crippen LogP contribution in [0.1, 0.15) is 17.3 Å². The zero-order chi connectivity index (χ0) is 17.7. The molecule has 2 aromatic carbocycles. The summed E-state index contributed by atoms with van der Waals surface area (Å²) >= 11 is 0. The van der Waals surface area contributed by atoms with E-state index in [2.05, 4.69) is 10.0 Å². The maximum Gasteiger partial charge on any atom is 0.261 e. The van der Waals surface area contributed by atoms with Crippen molar-refractivity contribution in [2.75, 3.05) is 11.3 Å². The zero-order valence-electron chi connectivity index (χ0n) is 12.9. The van der Waals surface area contributed by atoms with E-state index in [4.69, 9.17) is 5.11 Å². The Morgan fingerprint density at radius 3 is 2.25 bits per heavy atom. The first-order chi connectivity index (χ1) is 11.3. The molecule has 0 spiro atoms. The monoisotopic (exact) mass is 352 g/mol. The van der Waals surface area contributed by atoms with Gasteiger partial charge in [0, 0.05) is 17.8 Å². The van der Waals surface area contributed by atoms with Gasteiger partial charge >= 0.3 is 0 Å². The molecule has 128 valence electrons. The molecule has 0 saturated carbocycles. The highest BCUT2D eigenvalue weighted by Crippen LogP contribution is 2.17. The van der Waals surface area contributed by atoms with Crippen molar-refractivity contribution >= 4 is 21.6 Å². The first-order valence-corrected chi connectivity index (χ1v) is 8.61. The number of aliphatic hydroxyl groups excluding tert-OH is 1. The third-order valence-electron chi connectivity index (χ3n) is 3.08. The molecule has 0 aromatic heterocycles. The van der Waals surface area contributed by atoms with E-state index in [0.29, 0.717) is 5.56 Å². The van der Waals surface area contributed by atoms with Crippen LogP contribution in [-0.2, 0) is 10.0 Å². The van der Waals surface area contributed by atoms with Crippen LogP contribution in [0.5, 0.6) is 0 Å². The minimum absolute atomic E-state index is 0.0670. The lowest BCUT2D eigenvalue weighted by atomic mass is 10.2. The molecule has 1 unspecified atom stereocenters. The summed E-state index contributed by atoms with van der Waals surface area (Å²) < 4.78 is 39.6. The Kier molecular flexibility index (Phi) is 5.53. The lowest BCUT2D eigenvalue weighted by Gasteiger charge is -2.10. The molecule has 0 radical (unpaired) electrons. The van der Waals surface area contributed by atoms with Crippen molar-refractivity contribution in [2.24, 2.45) is 0 Å². The van der Waals surface area contributed by atoms with E-state index in [1.165, 1.54) is 24.3 Å². The summed E-state index contributed by atoms with van der Waals surface area (Å²) in [6.45, 7) is 1.67. The Bertz CT molecular complexity index is 803. The molecule has 0 aliphatic heterocycles. The van der Waals surface area contributed by atoms with Gasteiger partial charge in [-0.3, -0.25) is 9.52 Å². The zero-order valence-corrected chi connectivity index (χ0v) is 13.7. The van der Waals surface area contributed by atoms with Gasteiger partial charge in [0.25, 0.3) is 15.9 Å². The van der Waals surface area contributed by atoms with Crippen LogP contribution in [0, 0.1) is 5.82 Å². The number of hydrogen-bond donors (Lipinski definition) is 3. The Morgan fingerprint density at radius 1 is 1.12 bits per heavy atom. The van der Waals surface area contributed by atoms with E-state index in [0.717, 1.165) is 24.3 Å². The van der Waals surface area contributed by atoms with Gasteiger partial charge in [0.05, 0.1) is 11.0 Å². The first kappa shape index (κ1) is 17.9. The standard InChI is InChI=1S/C16H17FN2O4S/c1-11(20)10-18-16(21)12-2-6-14(7-3-12)19-24(22,23)15-8-4-13(17)5-9-15/h2-9,11,19-20H,10H2,1H3,(H,18,21). The third-order valence-corrected chi connectivity index (χ3v) is 4.48. The van der Waals surface area contributed by atoms with E-state index in [-0.39, 0.29) is 23.0 Å². The minimum atomic E-state index is -3.83. The number of nitrogens with one attached hydrogen (secondary N) is 2. The van der Waals surface area contributed by atoms with Crippen LogP contribution in [-0.4, -0.2) is 32.1 Å². The number of rotatable bonds is 6. The van der Waals surface area contributed by atoms with Crippen LogP contribution < -0.4 is 10.0 Å². The fourth-order valence-electron chi connectivity index (χ4n) is 1.86. The lowest BCUT2D eigenvalue weighted by Crippen LogP contribution is -2.30. The van der Waals surface area contributed by atoms with Crippen molar-refractivity contribution in [2.45, 2.75) is 17.9 Å². The number of sulfonamides is 1. The van der Waals surface area contributed by atoms with E-state index in [9.17, 15) is 17.6 Å². The van der Waals surface area contributed by atoms with Gasteiger partial charge in [-0.1, -0.05) is 0 Å². The Balaban J connectivity index is 2.08. The fraction of sp³-hybridized carbons (Fsp3) is 0.188. The van der Waals surface area contributed by atoms with Crippen molar-refractivity contribution < 1.29 is 22.7 Å². The van der Waals surface area contributed by atoms with Crippen molar-refractivity contribution in [1.29, 1.82) is 0 Å². The second-order valence-corrected chi connectivity index (χ2v) is 6.88. The molecule has 6 nitrogen and oxygen atoms in total. The third kappa shape index (κ3) is 4.77. The molecule has 8 heteroatoms. The molecule has 0 fully saturated rings. The number of carbonyl (C=O) groups is 1. The Hall–Kier alpha value is -2.45. The molecular formula is C16H17FN2O4S. The molecule has 1 atom stereocenters. The average molecular weight is 352 g/mol. The maximum atomic E-state index is 12.9. The largest absolute Gasteiger partial charge is 0.392 e. The summed E-state index contributed by atoms with van der Waals surface area (Å²) in [4.78, 5) is 11.7. The summed E-state index contributed by atoms with van der Waals surface area (Å²) in [6.07, 6.45) is -0.657. The predicted octanol–water partition coefficient (Wildman–Crippen LogP) is 1.74. The summed E-state index contributed by atoms with van der Waals surface area (Å²) in [6, 6.07) is 10.2. The number of benzene rings is 2. The molecule has 24 heavy (non-hydrogen) atoms. The summed E-state index contributed by atoms with van der Waals surface area (Å²) in [5.74, 6) is -0.898. The SMILES string of the molecule is CC(O)CNC(=O)c1ccc(NS(=O)(=O)c2ccc(F)cc2)cc1. The van der Waals surface area contributed by atoms with Gasteiger partial charge in [-0.15, -0.1) is 0 Å². The number of anilines is 1. The first-order valence-electron chi connectivity index (χ1n) is 7.12. The normalized spacial score (nSPS) is 12.5. The van der Waals surface area contributed by atoms with Crippen LogP contribution >= 0.6 is 0 Å².